The molecule has 2 N–H and O–H groups in total. The van der Waals surface area contributed by atoms with Gasteiger partial charge in [-0.15, -0.1) is 10.2 Å². The first kappa shape index (κ1) is 12.1. The summed E-state index contributed by atoms with van der Waals surface area (Å²) in [6.07, 6.45) is 2.31. The highest BCUT2D eigenvalue weighted by Gasteiger charge is 2.30. The number of aromatic nitrogens is 3. The molecule has 2 aromatic rings. The molecule has 0 saturated heterocycles. The van der Waals surface area contributed by atoms with Gasteiger partial charge in [-0.25, -0.2) is 0 Å². The Bertz CT molecular complexity index is 592. The average Bonchev–Trinajstić information content (AvgIpc) is 3.12. The van der Waals surface area contributed by atoms with Crippen LogP contribution in [0.25, 0.3) is 11.4 Å². The van der Waals surface area contributed by atoms with Crippen LogP contribution in [0.15, 0.2) is 22.7 Å². The van der Waals surface area contributed by atoms with Crippen LogP contribution in [0.2, 0.25) is 5.02 Å². The Hall–Kier alpha value is -0.910. The van der Waals surface area contributed by atoms with Crippen LogP contribution >= 0.6 is 27.5 Å². The molecule has 1 saturated carbocycles. The third-order valence-electron chi connectivity index (χ3n) is 3.05. The summed E-state index contributed by atoms with van der Waals surface area (Å²) >= 11 is 9.75. The normalized spacial score (nSPS) is 15.1. The first-order chi connectivity index (χ1) is 8.72. The van der Waals surface area contributed by atoms with Gasteiger partial charge in [0.1, 0.15) is 5.82 Å². The molecule has 1 heterocycles. The van der Waals surface area contributed by atoms with Crippen LogP contribution in [0, 0.1) is 0 Å². The van der Waals surface area contributed by atoms with E-state index in [1.807, 2.05) is 18.2 Å². The van der Waals surface area contributed by atoms with Gasteiger partial charge < -0.3 is 10.3 Å². The van der Waals surface area contributed by atoms with E-state index < -0.39 is 0 Å². The van der Waals surface area contributed by atoms with Crippen molar-refractivity contribution in [1.82, 2.24) is 14.8 Å². The third-order valence-corrected chi connectivity index (χ3v) is 4.35. The Morgan fingerprint density at radius 2 is 2.17 bits per heavy atom. The lowest BCUT2D eigenvalue weighted by Crippen LogP contribution is -2.08. The SMILES string of the molecule is NCc1nnc(-c2cccc(Br)c2Cl)n1C1CC1. The maximum absolute atomic E-state index is 6.32. The zero-order valence-electron chi connectivity index (χ0n) is 9.61. The first-order valence-corrected chi connectivity index (χ1v) is 6.97. The van der Waals surface area contributed by atoms with Gasteiger partial charge in [0, 0.05) is 16.1 Å². The quantitative estimate of drug-likeness (QED) is 0.942. The van der Waals surface area contributed by atoms with Crippen LogP contribution in [0.3, 0.4) is 0 Å². The summed E-state index contributed by atoms with van der Waals surface area (Å²) in [7, 11) is 0. The zero-order valence-corrected chi connectivity index (χ0v) is 11.9. The van der Waals surface area contributed by atoms with Crippen molar-refractivity contribution in [3.63, 3.8) is 0 Å². The molecule has 1 aliphatic carbocycles. The minimum atomic E-state index is 0.398. The van der Waals surface area contributed by atoms with Gasteiger partial charge in [-0.3, -0.25) is 0 Å². The third kappa shape index (κ3) is 1.96. The van der Waals surface area contributed by atoms with E-state index in [0.29, 0.717) is 17.6 Å². The maximum atomic E-state index is 6.32. The number of benzene rings is 1. The Balaban J connectivity index is 2.17. The highest BCUT2D eigenvalue weighted by Crippen LogP contribution is 2.41. The highest BCUT2D eigenvalue weighted by molar-refractivity contribution is 9.10. The second-order valence-electron chi connectivity index (χ2n) is 4.35. The molecule has 0 aliphatic heterocycles. The van der Waals surface area contributed by atoms with E-state index in [9.17, 15) is 0 Å². The first-order valence-electron chi connectivity index (χ1n) is 5.80. The summed E-state index contributed by atoms with van der Waals surface area (Å²) in [4.78, 5) is 0. The fraction of sp³-hybridized carbons (Fsp3) is 0.333. The second-order valence-corrected chi connectivity index (χ2v) is 5.58. The molecule has 0 bridgehead atoms. The van der Waals surface area contributed by atoms with Crippen LogP contribution in [-0.2, 0) is 6.54 Å². The molecule has 1 aromatic heterocycles. The van der Waals surface area contributed by atoms with Crippen molar-refractivity contribution in [2.24, 2.45) is 5.73 Å². The van der Waals surface area contributed by atoms with Crippen molar-refractivity contribution in [2.45, 2.75) is 25.4 Å². The molecule has 4 nitrogen and oxygen atoms in total. The smallest absolute Gasteiger partial charge is 0.165 e. The largest absolute Gasteiger partial charge is 0.324 e. The van der Waals surface area contributed by atoms with Crippen LogP contribution in [0.5, 0.6) is 0 Å². The van der Waals surface area contributed by atoms with Crippen LogP contribution < -0.4 is 5.73 Å². The van der Waals surface area contributed by atoms with Gasteiger partial charge in [-0.05, 0) is 40.9 Å². The lowest BCUT2D eigenvalue weighted by atomic mass is 10.2. The molecule has 0 unspecified atom stereocenters. The highest BCUT2D eigenvalue weighted by atomic mass is 79.9. The number of halogens is 2. The predicted octanol–water partition coefficient (Wildman–Crippen LogP) is 3.15. The predicted molar refractivity (Wildman–Crippen MR) is 74.3 cm³/mol. The van der Waals surface area contributed by atoms with Crippen molar-refractivity contribution in [1.29, 1.82) is 0 Å². The number of rotatable bonds is 3. The summed E-state index contributed by atoms with van der Waals surface area (Å²) in [5.74, 6) is 1.63. The van der Waals surface area contributed by atoms with Crippen LogP contribution in [0.4, 0.5) is 0 Å². The van der Waals surface area contributed by atoms with Crippen molar-refractivity contribution in [3.05, 3.63) is 33.5 Å². The molecule has 3 rings (SSSR count). The standard InChI is InChI=1S/C12H12BrClN4/c13-9-3-1-2-8(11(9)14)12-17-16-10(6-15)18(12)7-4-5-7/h1-3,7H,4-6,15H2. The summed E-state index contributed by atoms with van der Waals surface area (Å²) in [6.45, 7) is 0.398. The minimum Gasteiger partial charge on any atom is -0.324 e. The van der Waals surface area contributed by atoms with E-state index in [1.165, 1.54) is 0 Å². The fourth-order valence-electron chi connectivity index (χ4n) is 2.04. The maximum Gasteiger partial charge on any atom is 0.165 e. The molecule has 0 radical (unpaired) electrons. The van der Waals surface area contributed by atoms with E-state index in [-0.39, 0.29) is 0 Å². The molecular weight excluding hydrogens is 316 g/mol. The van der Waals surface area contributed by atoms with E-state index in [4.69, 9.17) is 17.3 Å². The molecule has 0 spiro atoms. The van der Waals surface area contributed by atoms with E-state index in [2.05, 4.69) is 30.7 Å². The van der Waals surface area contributed by atoms with Gasteiger partial charge in [-0.1, -0.05) is 17.7 Å². The molecule has 1 aliphatic rings. The second kappa shape index (κ2) is 4.64. The van der Waals surface area contributed by atoms with Crippen molar-refractivity contribution >= 4 is 27.5 Å². The fourth-order valence-corrected chi connectivity index (χ4v) is 2.62. The molecular formula is C12H12BrClN4. The number of hydrogen-bond acceptors (Lipinski definition) is 3. The monoisotopic (exact) mass is 326 g/mol. The number of nitrogens with two attached hydrogens (primary N) is 1. The summed E-state index contributed by atoms with van der Waals surface area (Å²) in [5, 5.41) is 9.07. The Morgan fingerprint density at radius 1 is 1.39 bits per heavy atom. The topological polar surface area (TPSA) is 56.7 Å². The van der Waals surface area contributed by atoms with Crippen molar-refractivity contribution < 1.29 is 0 Å². The van der Waals surface area contributed by atoms with Gasteiger partial charge in [-0.2, -0.15) is 0 Å². The van der Waals surface area contributed by atoms with E-state index in [0.717, 1.165) is 34.5 Å². The van der Waals surface area contributed by atoms with Crippen LogP contribution in [0.1, 0.15) is 24.7 Å². The van der Waals surface area contributed by atoms with Gasteiger partial charge in [0.05, 0.1) is 11.6 Å². The molecule has 0 amide bonds. The van der Waals surface area contributed by atoms with E-state index >= 15 is 0 Å². The molecule has 1 aromatic carbocycles. The van der Waals surface area contributed by atoms with Gasteiger partial charge in [0.15, 0.2) is 5.82 Å². The summed E-state index contributed by atoms with van der Waals surface area (Å²) in [5.41, 5.74) is 6.60. The molecule has 18 heavy (non-hydrogen) atoms. The minimum absolute atomic E-state index is 0.398. The van der Waals surface area contributed by atoms with Gasteiger partial charge >= 0.3 is 0 Å². The van der Waals surface area contributed by atoms with E-state index in [1.54, 1.807) is 0 Å². The lowest BCUT2D eigenvalue weighted by Gasteiger charge is -2.09. The Labute approximate surface area is 118 Å². The lowest BCUT2D eigenvalue weighted by molar-refractivity contribution is 0.688. The van der Waals surface area contributed by atoms with Gasteiger partial charge in [0.2, 0.25) is 0 Å². The summed E-state index contributed by atoms with van der Waals surface area (Å²) < 4.78 is 2.98. The number of hydrogen-bond donors (Lipinski definition) is 1. The Kier molecular flexibility index (Phi) is 3.13. The van der Waals surface area contributed by atoms with Crippen LogP contribution in [-0.4, -0.2) is 14.8 Å². The molecule has 1 fully saturated rings. The average molecular weight is 328 g/mol. The molecule has 0 atom stereocenters. The summed E-state index contributed by atoms with van der Waals surface area (Å²) in [6, 6.07) is 6.28. The number of nitrogens with zero attached hydrogens (tertiary/aromatic N) is 3. The zero-order chi connectivity index (χ0) is 12.7. The molecule has 94 valence electrons. The van der Waals surface area contributed by atoms with Crippen molar-refractivity contribution in [2.75, 3.05) is 0 Å². The van der Waals surface area contributed by atoms with Gasteiger partial charge in [0.25, 0.3) is 0 Å². The Morgan fingerprint density at radius 3 is 2.83 bits per heavy atom. The molecule has 6 heteroatoms. The van der Waals surface area contributed by atoms with Crippen molar-refractivity contribution in [3.8, 4) is 11.4 Å².